The Balaban J connectivity index is 1.54. The van der Waals surface area contributed by atoms with Crippen LogP contribution >= 0.6 is 11.6 Å². The van der Waals surface area contributed by atoms with Gasteiger partial charge in [0, 0.05) is 17.6 Å². The number of halogens is 1. The van der Waals surface area contributed by atoms with Gasteiger partial charge in [0.1, 0.15) is 5.82 Å². The van der Waals surface area contributed by atoms with Crippen molar-refractivity contribution in [1.29, 1.82) is 0 Å². The Kier molecular flexibility index (Phi) is 5.40. The average molecular weight is 404 g/mol. The number of carbonyl (C=O) groups excluding carboxylic acids is 1. The maximum atomic E-state index is 13.2. The second-order valence-corrected chi connectivity index (χ2v) is 8.21. The van der Waals surface area contributed by atoms with Gasteiger partial charge in [0.2, 0.25) is 5.82 Å². The van der Waals surface area contributed by atoms with E-state index in [9.17, 15) is 4.79 Å². The van der Waals surface area contributed by atoms with Crippen LogP contribution in [0.25, 0.3) is 5.69 Å². The molecule has 2 aliphatic rings. The molecule has 1 aromatic carbocycles. The third-order valence-corrected chi connectivity index (χ3v) is 6.07. The van der Waals surface area contributed by atoms with Gasteiger partial charge in [0.15, 0.2) is 0 Å². The van der Waals surface area contributed by atoms with Crippen LogP contribution in [0.4, 0.5) is 0 Å². The molecule has 8 heteroatoms. The Bertz CT molecular complexity index is 851. The van der Waals surface area contributed by atoms with Gasteiger partial charge in [-0.25, -0.2) is 9.67 Å². The fourth-order valence-corrected chi connectivity index (χ4v) is 4.38. The predicted molar refractivity (Wildman–Crippen MR) is 107 cm³/mol. The van der Waals surface area contributed by atoms with Gasteiger partial charge in [-0.15, -0.1) is 5.10 Å². The van der Waals surface area contributed by atoms with Gasteiger partial charge in [-0.1, -0.05) is 11.6 Å². The van der Waals surface area contributed by atoms with E-state index < -0.39 is 0 Å². The first-order valence-electron chi connectivity index (χ1n) is 9.72. The topological polar surface area (TPSA) is 63.5 Å². The van der Waals surface area contributed by atoms with Crippen molar-refractivity contribution in [3.8, 4) is 5.69 Å². The molecule has 1 aromatic heterocycles. The van der Waals surface area contributed by atoms with Crippen LogP contribution in [0.15, 0.2) is 24.3 Å². The van der Waals surface area contributed by atoms with Crippen molar-refractivity contribution >= 4 is 17.5 Å². The standard InChI is InChI=1S/C20H26ClN5O2/c1-13-22-19(23-26(13)15-6-4-14(21)5-7-15)20(27)25-10-11-28-18-12-16(24(2)3)8-9-17(18)25/h4-7,16-18H,8-12H2,1-3H3/t16-,17-,18+/m0/s1. The van der Waals surface area contributed by atoms with Crippen LogP contribution in [-0.4, -0.2) is 75.9 Å². The minimum absolute atomic E-state index is 0.0818. The number of nitrogens with zero attached hydrogens (tertiary/aromatic N) is 5. The fraction of sp³-hybridized carbons (Fsp3) is 0.550. The molecule has 7 nitrogen and oxygen atoms in total. The van der Waals surface area contributed by atoms with Crippen molar-refractivity contribution in [2.45, 2.75) is 44.4 Å². The lowest BCUT2D eigenvalue weighted by molar-refractivity contribution is -0.0879. The molecule has 0 spiro atoms. The molecule has 1 aliphatic heterocycles. The molecule has 150 valence electrons. The minimum atomic E-state index is -0.114. The van der Waals surface area contributed by atoms with Crippen LogP contribution in [-0.2, 0) is 4.74 Å². The molecular formula is C20H26ClN5O2. The van der Waals surface area contributed by atoms with Crippen molar-refractivity contribution in [1.82, 2.24) is 24.6 Å². The second-order valence-electron chi connectivity index (χ2n) is 7.78. The monoisotopic (exact) mass is 403 g/mol. The number of morpholine rings is 1. The lowest BCUT2D eigenvalue weighted by atomic mass is 9.86. The van der Waals surface area contributed by atoms with Gasteiger partial charge in [0.05, 0.1) is 24.4 Å². The first kappa shape index (κ1) is 19.4. The number of hydrogen-bond donors (Lipinski definition) is 0. The highest BCUT2D eigenvalue weighted by molar-refractivity contribution is 6.30. The molecule has 1 aliphatic carbocycles. The molecule has 0 bridgehead atoms. The third-order valence-electron chi connectivity index (χ3n) is 5.82. The minimum Gasteiger partial charge on any atom is -0.374 e. The van der Waals surface area contributed by atoms with Gasteiger partial charge < -0.3 is 14.5 Å². The number of rotatable bonds is 3. The zero-order valence-corrected chi connectivity index (χ0v) is 17.3. The smallest absolute Gasteiger partial charge is 0.293 e. The number of aromatic nitrogens is 3. The first-order valence-corrected chi connectivity index (χ1v) is 10.1. The maximum absolute atomic E-state index is 13.2. The van der Waals surface area contributed by atoms with E-state index in [1.807, 2.05) is 24.0 Å². The van der Waals surface area contributed by atoms with Crippen LogP contribution in [0.1, 0.15) is 35.7 Å². The van der Waals surface area contributed by atoms with Gasteiger partial charge in [-0.3, -0.25) is 4.79 Å². The average Bonchev–Trinajstić information content (AvgIpc) is 3.08. The molecule has 2 fully saturated rings. The molecule has 0 N–H and O–H groups in total. The van der Waals surface area contributed by atoms with Crippen molar-refractivity contribution < 1.29 is 9.53 Å². The Labute approximate surface area is 170 Å². The highest BCUT2D eigenvalue weighted by Gasteiger charge is 2.41. The number of benzene rings is 1. The SMILES string of the molecule is Cc1nc(C(=O)N2CCO[C@@H]3C[C@@H](N(C)C)CC[C@@H]32)nn1-c1ccc(Cl)cc1. The molecule has 1 saturated carbocycles. The highest BCUT2D eigenvalue weighted by atomic mass is 35.5. The Morgan fingerprint density at radius 3 is 2.71 bits per heavy atom. The molecule has 1 amide bonds. The van der Waals surface area contributed by atoms with Crippen molar-refractivity contribution in [2.75, 3.05) is 27.2 Å². The molecule has 0 radical (unpaired) electrons. The number of carbonyl (C=O) groups is 1. The third kappa shape index (κ3) is 3.66. The summed E-state index contributed by atoms with van der Waals surface area (Å²) in [5.41, 5.74) is 0.833. The summed E-state index contributed by atoms with van der Waals surface area (Å²) < 4.78 is 7.69. The van der Waals surface area contributed by atoms with Crippen molar-refractivity contribution in [3.63, 3.8) is 0 Å². The molecule has 2 heterocycles. The van der Waals surface area contributed by atoms with E-state index in [0.29, 0.717) is 30.0 Å². The molecular weight excluding hydrogens is 378 g/mol. The van der Waals surface area contributed by atoms with E-state index >= 15 is 0 Å². The molecule has 3 atom stereocenters. The zero-order valence-electron chi connectivity index (χ0n) is 16.5. The Hall–Kier alpha value is -1.96. The summed E-state index contributed by atoms with van der Waals surface area (Å²) >= 11 is 5.97. The molecule has 2 aromatic rings. The summed E-state index contributed by atoms with van der Waals surface area (Å²) in [6.45, 7) is 2.99. The van der Waals surface area contributed by atoms with Crippen LogP contribution in [0.2, 0.25) is 5.02 Å². The normalized spacial score (nSPS) is 25.0. The summed E-state index contributed by atoms with van der Waals surface area (Å²) in [5, 5.41) is 5.15. The molecule has 4 rings (SSSR count). The van der Waals surface area contributed by atoms with E-state index in [2.05, 4.69) is 29.1 Å². The van der Waals surface area contributed by atoms with Crippen molar-refractivity contribution in [2.24, 2.45) is 0 Å². The van der Waals surface area contributed by atoms with E-state index in [-0.39, 0.29) is 23.9 Å². The summed E-state index contributed by atoms with van der Waals surface area (Å²) in [5.74, 6) is 0.798. The van der Waals surface area contributed by atoms with Gasteiger partial charge in [0.25, 0.3) is 5.91 Å². The predicted octanol–water partition coefficient (Wildman–Crippen LogP) is 2.55. The molecule has 28 heavy (non-hydrogen) atoms. The molecule has 0 unspecified atom stereocenters. The van der Waals surface area contributed by atoms with Gasteiger partial charge in [-0.05, 0) is 64.5 Å². The van der Waals surface area contributed by atoms with Crippen LogP contribution < -0.4 is 0 Å². The maximum Gasteiger partial charge on any atom is 0.293 e. The van der Waals surface area contributed by atoms with Gasteiger partial charge in [-0.2, -0.15) is 0 Å². The first-order chi connectivity index (χ1) is 13.4. The lowest BCUT2D eigenvalue weighted by Crippen LogP contribution is -2.57. The van der Waals surface area contributed by atoms with Gasteiger partial charge >= 0.3 is 0 Å². The van der Waals surface area contributed by atoms with Crippen LogP contribution in [0.3, 0.4) is 0 Å². The van der Waals surface area contributed by atoms with E-state index in [0.717, 1.165) is 24.9 Å². The summed E-state index contributed by atoms with van der Waals surface area (Å²) in [4.78, 5) is 21.8. The Morgan fingerprint density at radius 2 is 2.00 bits per heavy atom. The van der Waals surface area contributed by atoms with Crippen LogP contribution in [0, 0.1) is 6.92 Å². The van der Waals surface area contributed by atoms with E-state index in [1.165, 1.54) is 0 Å². The van der Waals surface area contributed by atoms with E-state index in [1.54, 1.807) is 16.8 Å². The number of amides is 1. The Morgan fingerprint density at radius 1 is 1.25 bits per heavy atom. The summed E-state index contributed by atoms with van der Waals surface area (Å²) in [6.07, 6.45) is 3.04. The lowest BCUT2D eigenvalue weighted by Gasteiger charge is -2.46. The quantitative estimate of drug-likeness (QED) is 0.788. The summed E-state index contributed by atoms with van der Waals surface area (Å²) in [7, 11) is 4.21. The van der Waals surface area contributed by atoms with Crippen LogP contribution in [0.5, 0.6) is 0 Å². The largest absolute Gasteiger partial charge is 0.374 e. The van der Waals surface area contributed by atoms with Crippen molar-refractivity contribution in [3.05, 3.63) is 40.9 Å². The number of ether oxygens (including phenoxy) is 1. The second kappa shape index (κ2) is 7.81. The highest BCUT2D eigenvalue weighted by Crippen LogP contribution is 2.31. The number of hydrogen-bond acceptors (Lipinski definition) is 5. The summed E-state index contributed by atoms with van der Waals surface area (Å²) in [6, 6.07) is 7.93. The number of aryl methyl sites for hydroxylation is 1. The fourth-order valence-electron chi connectivity index (χ4n) is 4.25. The van der Waals surface area contributed by atoms with E-state index in [4.69, 9.17) is 16.3 Å². The number of fused-ring (bicyclic) bond motifs is 1. The zero-order chi connectivity index (χ0) is 19.8. The molecule has 1 saturated heterocycles.